The molecule has 4 N–H and O–H groups in total. The molecule has 0 aromatic heterocycles. The normalized spacial score (nSPS) is 49.2. The molecule has 0 radical (unpaired) electrons. The largest absolute Gasteiger partial charge is 0.388 e. The first-order valence-electron chi connectivity index (χ1n) is 3.51. The van der Waals surface area contributed by atoms with Crippen molar-refractivity contribution in [3.05, 3.63) is 0 Å². The molecule has 6 heteroatoms. The predicted octanol–water partition coefficient (Wildman–Crippen LogP) is -1.78. The van der Waals surface area contributed by atoms with Crippen LogP contribution in [0.25, 0.3) is 0 Å². The number of aliphatic hydroxyl groups is 4. The summed E-state index contributed by atoms with van der Waals surface area (Å²) in [5.74, 6) is 0. The van der Waals surface area contributed by atoms with Crippen LogP contribution in [0.4, 0.5) is 0 Å². The first-order chi connectivity index (χ1) is 5.57. The monoisotopic (exact) mass is 290 g/mol. The molecule has 0 unspecified atom stereocenters. The lowest BCUT2D eigenvalue weighted by atomic mass is 10.0. The van der Waals surface area contributed by atoms with Crippen LogP contribution in [0.15, 0.2) is 0 Å². The van der Waals surface area contributed by atoms with Crippen LogP contribution >= 0.6 is 22.6 Å². The summed E-state index contributed by atoms with van der Waals surface area (Å²) in [6.45, 7) is 0. The van der Waals surface area contributed by atoms with E-state index in [1.54, 1.807) is 0 Å². The van der Waals surface area contributed by atoms with E-state index in [-0.39, 0.29) is 0 Å². The van der Waals surface area contributed by atoms with E-state index in [0.717, 1.165) is 0 Å². The van der Waals surface area contributed by atoms with Crippen molar-refractivity contribution in [3.63, 3.8) is 0 Å². The fraction of sp³-hybridized carbons (Fsp3) is 1.00. The van der Waals surface area contributed by atoms with E-state index in [9.17, 15) is 10.2 Å². The van der Waals surface area contributed by atoms with Crippen LogP contribution in [0.3, 0.4) is 0 Å². The lowest BCUT2D eigenvalue weighted by Gasteiger charge is -2.37. The Labute approximate surface area is 83.1 Å². The Hall–Kier alpha value is 0.530. The van der Waals surface area contributed by atoms with Crippen molar-refractivity contribution < 1.29 is 25.2 Å². The van der Waals surface area contributed by atoms with Gasteiger partial charge in [0.25, 0.3) is 0 Å². The molecular formula is C6H11IO5. The highest BCUT2D eigenvalue weighted by molar-refractivity contribution is 14.1. The zero-order valence-electron chi connectivity index (χ0n) is 6.17. The van der Waals surface area contributed by atoms with Crippen molar-refractivity contribution in [2.24, 2.45) is 0 Å². The summed E-state index contributed by atoms with van der Waals surface area (Å²) >= 11 is 1.96. The van der Waals surface area contributed by atoms with E-state index < -0.39 is 30.7 Å². The third kappa shape index (κ3) is 1.88. The molecule has 0 amide bonds. The number of hydrogen-bond acceptors (Lipinski definition) is 5. The summed E-state index contributed by atoms with van der Waals surface area (Å²) in [4.78, 5) is 0. The Balaban J connectivity index is 2.63. The van der Waals surface area contributed by atoms with Crippen LogP contribution in [0.5, 0.6) is 0 Å². The topological polar surface area (TPSA) is 90.2 Å². The Morgan fingerprint density at radius 1 is 1.00 bits per heavy atom. The first-order valence-corrected chi connectivity index (χ1v) is 5.04. The zero-order valence-corrected chi connectivity index (χ0v) is 8.33. The second-order valence-corrected chi connectivity index (χ2v) is 3.57. The van der Waals surface area contributed by atoms with Gasteiger partial charge in [-0.1, -0.05) is 22.6 Å². The van der Waals surface area contributed by atoms with Crippen molar-refractivity contribution in [1.29, 1.82) is 0 Å². The van der Waals surface area contributed by atoms with Gasteiger partial charge in [0, 0.05) is 4.43 Å². The van der Waals surface area contributed by atoms with Gasteiger partial charge in [-0.3, -0.25) is 0 Å². The summed E-state index contributed by atoms with van der Waals surface area (Å²) in [6.07, 6.45) is -5.95. The molecule has 1 heterocycles. The molecular weight excluding hydrogens is 279 g/mol. The summed E-state index contributed by atoms with van der Waals surface area (Å²) in [5.41, 5.74) is 0. The van der Waals surface area contributed by atoms with Crippen LogP contribution < -0.4 is 0 Å². The van der Waals surface area contributed by atoms with Gasteiger partial charge >= 0.3 is 0 Å². The Bertz CT molecular complexity index is 150. The number of hydrogen-bond donors (Lipinski definition) is 4. The van der Waals surface area contributed by atoms with Crippen molar-refractivity contribution in [2.45, 2.75) is 30.7 Å². The standard InChI is InChI=1S/C6H11IO5/c7-1-2-3(8)4(9)5(10)6(11)12-2/h2-6,8-11H,1H2/t2-,3+,4+,5-,6-/m0/s1. The zero-order chi connectivity index (χ0) is 9.30. The van der Waals surface area contributed by atoms with E-state index in [0.29, 0.717) is 4.43 Å². The second kappa shape index (κ2) is 4.16. The summed E-state index contributed by atoms with van der Waals surface area (Å²) in [6, 6.07) is 0. The average molecular weight is 290 g/mol. The fourth-order valence-electron chi connectivity index (χ4n) is 1.06. The van der Waals surface area contributed by atoms with Crippen LogP contribution in [0.2, 0.25) is 0 Å². The lowest BCUT2D eigenvalue weighted by molar-refractivity contribution is -0.275. The van der Waals surface area contributed by atoms with Gasteiger partial charge in [0.1, 0.15) is 18.3 Å². The minimum atomic E-state index is -1.43. The molecule has 1 rings (SSSR count). The quantitative estimate of drug-likeness (QED) is 0.339. The smallest absolute Gasteiger partial charge is 0.183 e. The number of alkyl halides is 1. The van der Waals surface area contributed by atoms with Crippen molar-refractivity contribution >= 4 is 22.6 Å². The Morgan fingerprint density at radius 3 is 2.08 bits per heavy atom. The summed E-state index contributed by atoms with van der Waals surface area (Å²) in [7, 11) is 0. The molecule has 0 spiro atoms. The molecule has 72 valence electrons. The minimum absolute atomic E-state index is 0.444. The highest BCUT2D eigenvalue weighted by Gasteiger charge is 2.42. The fourth-order valence-corrected chi connectivity index (χ4v) is 1.79. The molecule has 0 aliphatic carbocycles. The van der Waals surface area contributed by atoms with Crippen LogP contribution in [0, 0.1) is 0 Å². The molecule has 1 aliphatic heterocycles. The molecule has 5 nitrogen and oxygen atoms in total. The average Bonchev–Trinajstić information content (AvgIpc) is 2.08. The van der Waals surface area contributed by atoms with Crippen LogP contribution in [0.1, 0.15) is 0 Å². The van der Waals surface area contributed by atoms with Gasteiger partial charge in [-0.05, 0) is 0 Å². The minimum Gasteiger partial charge on any atom is -0.388 e. The van der Waals surface area contributed by atoms with E-state index >= 15 is 0 Å². The molecule has 1 fully saturated rings. The molecule has 1 saturated heterocycles. The molecule has 0 aromatic carbocycles. The van der Waals surface area contributed by atoms with Crippen molar-refractivity contribution in [1.82, 2.24) is 0 Å². The van der Waals surface area contributed by atoms with Gasteiger partial charge < -0.3 is 25.2 Å². The van der Waals surface area contributed by atoms with Gasteiger partial charge in [0.05, 0.1) is 6.10 Å². The third-order valence-corrected chi connectivity index (χ3v) is 2.71. The second-order valence-electron chi connectivity index (χ2n) is 2.69. The maximum absolute atomic E-state index is 9.27. The predicted molar refractivity (Wildman–Crippen MR) is 47.8 cm³/mol. The molecule has 0 bridgehead atoms. The van der Waals surface area contributed by atoms with Crippen LogP contribution in [-0.2, 0) is 4.74 Å². The molecule has 0 aromatic rings. The maximum atomic E-state index is 9.27. The van der Waals surface area contributed by atoms with E-state index in [2.05, 4.69) is 0 Å². The SMILES string of the molecule is O[C@@H]1[C@H](O)[C@H](CI)O[C@H](O)[C@H]1O. The van der Waals surface area contributed by atoms with Crippen molar-refractivity contribution in [3.8, 4) is 0 Å². The lowest BCUT2D eigenvalue weighted by Crippen LogP contribution is -2.57. The van der Waals surface area contributed by atoms with E-state index in [1.807, 2.05) is 22.6 Å². The van der Waals surface area contributed by atoms with Gasteiger partial charge in [-0.15, -0.1) is 0 Å². The number of aliphatic hydroxyl groups excluding tert-OH is 4. The Morgan fingerprint density at radius 2 is 1.58 bits per heavy atom. The van der Waals surface area contributed by atoms with Gasteiger partial charge in [-0.25, -0.2) is 0 Å². The molecule has 0 saturated carbocycles. The number of rotatable bonds is 1. The molecule has 12 heavy (non-hydrogen) atoms. The number of ether oxygens (including phenoxy) is 1. The van der Waals surface area contributed by atoms with Crippen LogP contribution in [-0.4, -0.2) is 55.6 Å². The Kier molecular flexibility index (Phi) is 3.68. The van der Waals surface area contributed by atoms with Gasteiger partial charge in [0.2, 0.25) is 0 Å². The molecule has 1 aliphatic rings. The van der Waals surface area contributed by atoms with Gasteiger partial charge in [0.15, 0.2) is 6.29 Å². The number of halogens is 1. The van der Waals surface area contributed by atoms with Gasteiger partial charge in [-0.2, -0.15) is 0 Å². The first kappa shape index (κ1) is 10.6. The van der Waals surface area contributed by atoms with E-state index in [1.165, 1.54) is 0 Å². The molecule has 5 atom stereocenters. The third-order valence-electron chi connectivity index (χ3n) is 1.84. The van der Waals surface area contributed by atoms with Crippen molar-refractivity contribution in [2.75, 3.05) is 4.43 Å². The van der Waals surface area contributed by atoms with E-state index in [4.69, 9.17) is 14.9 Å². The summed E-state index contributed by atoms with van der Waals surface area (Å²) in [5, 5.41) is 36.5. The highest BCUT2D eigenvalue weighted by atomic mass is 127. The maximum Gasteiger partial charge on any atom is 0.183 e. The highest BCUT2D eigenvalue weighted by Crippen LogP contribution is 2.20. The summed E-state index contributed by atoms with van der Waals surface area (Å²) < 4.78 is 5.26.